The number of nitrogens with zero attached hydrogens (tertiary/aromatic N) is 10. The van der Waals surface area contributed by atoms with Crippen LogP contribution in [0.2, 0.25) is 15.1 Å². The van der Waals surface area contributed by atoms with Crippen LogP contribution in [0.15, 0.2) is 48.8 Å². The Morgan fingerprint density at radius 1 is 0.882 bits per heavy atom. The third kappa shape index (κ3) is 12.6. The average molecular weight is 1110 g/mol. The zero-order valence-corrected chi connectivity index (χ0v) is 46.9. The van der Waals surface area contributed by atoms with E-state index >= 15 is 0 Å². The number of fused-ring (bicyclic) bond motifs is 1. The van der Waals surface area contributed by atoms with E-state index in [0.29, 0.717) is 88.1 Å². The van der Waals surface area contributed by atoms with E-state index in [-0.39, 0.29) is 54.6 Å². The third-order valence-corrected chi connectivity index (χ3v) is 17.9. The Labute approximate surface area is 460 Å². The highest BCUT2D eigenvalue weighted by Crippen LogP contribution is 2.42. The molecule has 3 aromatic heterocycles. The van der Waals surface area contributed by atoms with Crippen molar-refractivity contribution < 1.29 is 18.3 Å². The molecule has 20 heteroatoms. The molecule has 0 saturated carbocycles. The maximum atomic E-state index is 13.9. The van der Waals surface area contributed by atoms with E-state index in [4.69, 9.17) is 71.0 Å². The summed E-state index contributed by atoms with van der Waals surface area (Å²) in [5.74, 6) is 3.15. The van der Waals surface area contributed by atoms with Crippen LogP contribution in [-0.2, 0) is 0 Å². The van der Waals surface area contributed by atoms with Crippen molar-refractivity contribution in [3.05, 3.63) is 91.9 Å². The summed E-state index contributed by atoms with van der Waals surface area (Å²) in [6.45, 7) is 18.8. The van der Waals surface area contributed by atoms with Crippen molar-refractivity contribution in [1.29, 1.82) is 5.41 Å². The minimum atomic E-state index is -4.70. The van der Waals surface area contributed by atoms with Crippen LogP contribution < -0.4 is 20.9 Å². The quantitative estimate of drug-likeness (QED) is 0.0615. The summed E-state index contributed by atoms with van der Waals surface area (Å²) >= 11 is 20.0. The molecule has 14 nitrogen and oxygen atoms in total. The van der Waals surface area contributed by atoms with E-state index in [9.17, 15) is 18.3 Å². The number of aliphatic hydroxyl groups excluding tert-OH is 1. The van der Waals surface area contributed by atoms with Crippen molar-refractivity contribution in [2.45, 2.75) is 142 Å². The lowest BCUT2D eigenvalue weighted by atomic mass is 9.86. The molecule has 76 heavy (non-hydrogen) atoms. The van der Waals surface area contributed by atoms with Crippen molar-refractivity contribution in [3.8, 4) is 0 Å². The van der Waals surface area contributed by atoms with Crippen LogP contribution in [0.3, 0.4) is 0 Å². The van der Waals surface area contributed by atoms with Gasteiger partial charge in [0, 0.05) is 72.5 Å². The lowest BCUT2D eigenvalue weighted by Crippen LogP contribution is -2.52. The number of aryl methyl sites for hydroxylation is 2. The largest absolute Gasteiger partial charge is 0.414 e. The van der Waals surface area contributed by atoms with Gasteiger partial charge in [0.2, 0.25) is 0 Å². The first-order valence-corrected chi connectivity index (χ1v) is 28.5. The number of halogens is 6. The van der Waals surface area contributed by atoms with Gasteiger partial charge >= 0.3 is 6.18 Å². The second-order valence-corrected chi connectivity index (χ2v) is 23.7. The fourth-order valence-corrected chi connectivity index (χ4v) is 13.8. The molecule has 0 amide bonds. The van der Waals surface area contributed by atoms with Crippen LogP contribution in [0.25, 0.3) is 11.2 Å². The summed E-state index contributed by atoms with van der Waals surface area (Å²) in [7, 11) is 0. The lowest BCUT2D eigenvalue weighted by molar-refractivity contribution is -0.206. The van der Waals surface area contributed by atoms with Crippen LogP contribution in [0, 0.1) is 42.9 Å². The second-order valence-electron chi connectivity index (χ2n) is 22.5. The summed E-state index contributed by atoms with van der Waals surface area (Å²) < 4.78 is 43.5. The van der Waals surface area contributed by atoms with Crippen molar-refractivity contribution in [2.75, 3.05) is 67.5 Å². The number of nitrogens with two attached hydrogens (primary N) is 1. The molecule has 412 valence electrons. The first-order valence-electron chi connectivity index (χ1n) is 27.3. The van der Waals surface area contributed by atoms with Gasteiger partial charge in [0.1, 0.15) is 29.0 Å². The van der Waals surface area contributed by atoms with Crippen LogP contribution >= 0.6 is 34.8 Å². The van der Waals surface area contributed by atoms with Gasteiger partial charge in [-0.3, -0.25) is 4.90 Å². The van der Waals surface area contributed by atoms with E-state index in [1.165, 1.54) is 12.8 Å². The van der Waals surface area contributed by atoms with E-state index in [0.717, 1.165) is 86.0 Å². The van der Waals surface area contributed by atoms with Gasteiger partial charge in [0.05, 0.1) is 35.9 Å². The van der Waals surface area contributed by atoms with Gasteiger partial charge in [0.25, 0.3) is 0 Å². The first kappa shape index (κ1) is 56.4. The van der Waals surface area contributed by atoms with Gasteiger partial charge in [-0.05, 0) is 157 Å². The molecule has 0 spiro atoms. The molecule has 0 bridgehead atoms. The Balaban J connectivity index is 0.944. The predicted octanol–water partition coefficient (Wildman–Crippen LogP) is 11.3. The Morgan fingerprint density at radius 3 is 2.29 bits per heavy atom. The zero-order valence-electron chi connectivity index (χ0n) is 44.7. The smallest absolute Gasteiger partial charge is 0.384 e. The normalized spacial score (nSPS) is 25.1. The Kier molecular flexibility index (Phi) is 17.7. The standard InChI is InChI=1S/C56H75Cl3F3N13O/c1-32-9-12-44(45(58)22-32)47(67-54-52(35(4)64)65-26-50(68-54)72-20-16-39(33(2)28-72)31-71-19-7-8-41(71)15-18-63)24-38-23-42(11-14-49(76)56(60,61)62)74(30-38)48-17-21-73(29-34(48)3)51-27-66-53-36(5)70-75(55(53)69-51)37(6)43-13-10-40(57)25-46(43)59/h9-10,12-13,22,25-27,33-34,37-39,41-42,47-49,64,76H,7-8,11,14-21,23-24,28-31,63H2,1-6H3,(H,67,68)/t33?,34?,37?,38?,39?,41?,42-,47?,48?,49?/m1/s1. The van der Waals surface area contributed by atoms with Crippen LogP contribution in [0.1, 0.15) is 126 Å². The minimum Gasteiger partial charge on any atom is -0.384 e. The van der Waals surface area contributed by atoms with Crippen molar-refractivity contribution in [1.82, 2.24) is 39.5 Å². The van der Waals surface area contributed by atoms with E-state index in [2.05, 4.69) is 38.8 Å². The molecule has 2 aromatic carbocycles. The Bertz CT molecular complexity index is 2840. The lowest BCUT2D eigenvalue weighted by Gasteiger charge is -2.44. The summed E-state index contributed by atoms with van der Waals surface area (Å²) in [4.78, 5) is 29.7. The molecule has 9 rings (SSSR count). The third-order valence-electron chi connectivity index (χ3n) is 17.0. The average Bonchev–Trinajstić information content (AvgIpc) is 4.09. The van der Waals surface area contributed by atoms with E-state index in [1.54, 1.807) is 25.4 Å². The number of aliphatic hydroxyl groups is 1. The minimum absolute atomic E-state index is 0.0432. The predicted molar refractivity (Wildman–Crippen MR) is 299 cm³/mol. The number of rotatable bonds is 18. The van der Waals surface area contributed by atoms with Crippen molar-refractivity contribution in [2.24, 2.45) is 29.4 Å². The molecule has 4 saturated heterocycles. The molecule has 9 unspecified atom stereocenters. The molecule has 10 atom stereocenters. The molecule has 0 radical (unpaired) electrons. The summed E-state index contributed by atoms with van der Waals surface area (Å²) in [5, 5.41) is 29.4. The molecule has 5 N–H and O–H groups in total. The number of likely N-dealkylation sites (tertiary alicyclic amines) is 2. The van der Waals surface area contributed by atoms with Crippen molar-refractivity contribution >= 4 is 69.1 Å². The number of hydrogen-bond acceptors (Lipinski definition) is 13. The first-order chi connectivity index (χ1) is 36.3. The topological polar surface area (TPSA) is 164 Å². The fraction of sp³-hybridized carbons (Fsp3) is 0.607. The van der Waals surface area contributed by atoms with Gasteiger partial charge < -0.3 is 36.3 Å². The van der Waals surface area contributed by atoms with E-state index in [1.807, 2.05) is 55.8 Å². The highest BCUT2D eigenvalue weighted by molar-refractivity contribution is 6.35. The highest BCUT2D eigenvalue weighted by Gasteiger charge is 2.44. The Hall–Kier alpha value is -4.36. The number of anilines is 3. The monoisotopic (exact) mass is 1110 g/mol. The molecule has 7 heterocycles. The van der Waals surface area contributed by atoms with Gasteiger partial charge in [-0.1, -0.05) is 66.8 Å². The maximum Gasteiger partial charge on any atom is 0.414 e. The van der Waals surface area contributed by atoms with E-state index < -0.39 is 12.3 Å². The Morgan fingerprint density at radius 2 is 1.59 bits per heavy atom. The molecule has 4 aliphatic heterocycles. The molecular formula is C56H75Cl3F3N13O. The highest BCUT2D eigenvalue weighted by atomic mass is 35.5. The SMILES string of the molecule is CC(=N)c1ncc(N2CCC(CN3CCCC3CCN)C(C)C2)nc1NC(CC1C[C@@H](CCC(O)C(F)(F)F)N(C2CCN(c3cnc4c(C)nn(C(C)c5ccc(Cl)cc5Cl)c4n3)CC2C)C1)c1ccc(C)cc1Cl. The van der Waals surface area contributed by atoms with Gasteiger partial charge in [0.15, 0.2) is 11.5 Å². The van der Waals surface area contributed by atoms with Crippen LogP contribution in [0.4, 0.5) is 30.6 Å². The number of hydrogen-bond donors (Lipinski definition) is 4. The maximum absolute atomic E-state index is 13.9. The van der Waals surface area contributed by atoms with Gasteiger partial charge in [-0.25, -0.2) is 24.6 Å². The number of benzene rings is 2. The molecule has 5 aromatic rings. The molecular weight excluding hydrogens is 1030 g/mol. The fourth-order valence-electron chi connectivity index (χ4n) is 12.9. The molecule has 4 aliphatic rings. The molecule has 0 aliphatic carbocycles. The summed E-state index contributed by atoms with van der Waals surface area (Å²) in [6, 6.07) is 11.3. The number of aromatic nitrogens is 6. The van der Waals surface area contributed by atoms with Crippen LogP contribution in [-0.4, -0.2) is 133 Å². The van der Waals surface area contributed by atoms with Crippen LogP contribution in [0.5, 0.6) is 0 Å². The van der Waals surface area contributed by atoms with Gasteiger partial charge in [-0.15, -0.1) is 0 Å². The van der Waals surface area contributed by atoms with Crippen molar-refractivity contribution in [3.63, 3.8) is 0 Å². The number of nitrogens with one attached hydrogen (secondary N) is 2. The zero-order chi connectivity index (χ0) is 54.2. The second kappa shape index (κ2) is 23.9. The summed E-state index contributed by atoms with van der Waals surface area (Å²) in [6.07, 6.45) is 2.82. The van der Waals surface area contributed by atoms with Gasteiger partial charge in [-0.2, -0.15) is 18.3 Å². The molecule has 4 fully saturated rings. The summed E-state index contributed by atoms with van der Waals surface area (Å²) in [5.41, 5.74) is 11.6. The number of piperidine rings is 2. The number of alkyl halides is 3.